The molecule has 2 unspecified atom stereocenters. The molecule has 0 spiro atoms. The summed E-state index contributed by atoms with van der Waals surface area (Å²) in [5.41, 5.74) is 0.282. The fourth-order valence-electron chi connectivity index (χ4n) is 2.59. The van der Waals surface area contributed by atoms with E-state index < -0.39 is 11.7 Å². The minimum Gasteiger partial charge on any atom is -0.444 e. The van der Waals surface area contributed by atoms with Crippen molar-refractivity contribution in [2.24, 2.45) is 5.92 Å². The Kier molecular flexibility index (Phi) is 8.29. The predicted octanol–water partition coefficient (Wildman–Crippen LogP) is 4.20. The molecule has 0 aliphatic rings. The van der Waals surface area contributed by atoms with Crippen LogP contribution in [0.3, 0.4) is 0 Å². The average molecular weight is 353 g/mol. The zero-order valence-corrected chi connectivity index (χ0v) is 16.2. The van der Waals surface area contributed by atoms with Crippen molar-refractivity contribution < 1.29 is 13.9 Å². The van der Waals surface area contributed by atoms with E-state index in [1.165, 1.54) is 12.3 Å². The Balaban J connectivity index is 2.70. The van der Waals surface area contributed by atoms with Gasteiger partial charge < -0.3 is 15.4 Å². The van der Waals surface area contributed by atoms with Crippen molar-refractivity contribution in [3.63, 3.8) is 0 Å². The minimum atomic E-state index is -0.519. The molecule has 5 nitrogen and oxygen atoms in total. The van der Waals surface area contributed by atoms with Gasteiger partial charge in [-0.05, 0) is 51.7 Å². The molecule has 1 aromatic rings. The normalized spacial score (nSPS) is 14.2. The molecule has 0 aromatic carbocycles. The predicted molar refractivity (Wildman–Crippen MR) is 97.8 cm³/mol. The van der Waals surface area contributed by atoms with Gasteiger partial charge >= 0.3 is 6.09 Å². The van der Waals surface area contributed by atoms with Gasteiger partial charge in [-0.15, -0.1) is 0 Å². The van der Waals surface area contributed by atoms with Crippen LogP contribution in [0.25, 0.3) is 0 Å². The van der Waals surface area contributed by atoms with Gasteiger partial charge in [0, 0.05) is 18.6 Å². The van der Waals surface area contributed by atoms with E-state index in [4.69, 9.17) is 4.74 Å². The summed E-state index contributed by atoms with van der Waals surface area (Å²) in [6.45, 7) is 12.3. The summed E-state index contributed by atoms with van der Waals surface area (Å²) in [6, 6.07) is 3.20. The maximum absolute atomic E-state index is 13.1. The fourth-order valence-corrected chi connectivity index (χ4v) is 2.59. The van der Waals surface area contributed by atoms with Gasteiger partial charge in [-0.2, -0.15) is 0 Å². The van der Waals surface area contributed by atoms with Crippen molar-refractivity contribution in [3.05, 3.63) is 29.8 Å². The number of carbonyl (C=O) groups excluding carboxylic acids is 1. The van der Waals surface area contributed by atoms with Crippen LogP contribution in [0, 0.1) is 11.7 Å². The third-order valence-electron chi connectivity index (χ3n) is 3.60. The molecule has 1 heterocycles. The summed E-state index contributed by atoms with van der Waals surface area (Å²) in [5.74, 6) is 0.126. The molecule has 1 aromatic heterocycles. The van der Waals surface area contributed by atoms with E-state index in [2.05, 4.69) is 36.4 Å². The highest BCUT2D eigenvalue weighted by molar-refractivity contribution is 5.67. The average Bonchev–Trinajstić information content (AvgIpc) is 2.49. The molecule has 142 valence electrons. The van der Waals surface area contributed by atoms with E-state index in [0.29, 0.717) is 12.5 Å². The van der Waals surface area contributed by atoms with E-state index >= 15 is 0 Å². The molecular formula is C19H32FN3O2. The smallest absolute Gasteiger partial charge is 0.407 e. The van der Waals surface area contributed by atoms with Gasteiger partial charge in [0.15, 0.2) is 0 Å². The van der Waals surface area contributed by atoms with E-state index in [0.717, 1.165) is 18.5 Å². The first-order valence-corrected chi connectivity index (χ1v) is 8.95. The van der Waals surface area contributed by atoms with Crippen molar-refractivity contribution in [1.29, 1.82) is 0 Å². The number of pyridine rings is 1. The van der Waals surface area contributed by atoms with Crippen molar-refractivity contribution >= 4 is 6.09 Å². The number of nitrogens with zero attached hydrogens (tertiary/aromatic N) is 1. The lowest BCUT2D eigenvalue weighted by atomic mass is 10.0. The van der Waals surface area contributed by atoms with Crippen molar-refractivity contribution in [2.75, 3.05) is 6.54 Å². The number of rotatable bonds is 8. The zero-order chi connectivity index (χ0) is 19.0. The number of aromatic nitrogens is 1. The molecule has 0 saturated carbocycles. The molecule has 0 fully saturated rings. The highest BCUT2D eigenvalue weighted by Gasteiger charge is 2.21. The summed E-state index contributed by atoms with van der Waals surface area (Å²) < 4.78 is 18.4. The van der Waals surface area contributed by atoms with Gasteiger partial charge in [0.2, 0.25) is 0 Å². The number of hydrogen-bond acceptors (Lipinski definition) is 4. The van der Waals surface area contributed by atoms with Gasteiger partial charge in [-0.25, -0.2) is 9.18 Å². The van der Waals surface area contributed by atoms with Gasteiger partial charge in [0.05, 0.1) is 11.9 Å². The third kappa shape index (κ3) is 8.82. The standard InChI is InChI=1S/C19H32FN3O2/c1-7-16(17-9-8-14(20)11-21-17)23-15(10-13(2)3)12-22-18(24)25-19(4,5)6/h8-9,11,13,15-16,23H,7,10,12H2,1-6H3,(H,22,24). The summed E-state index contributed by atoms with van der Waals surface area (Å²) in [7, 11) is 0. The number of halogens is 1. The first-order chi connectivity index (χ1) is 11.6. The van der Waals surface area contributed by atoms with E-state index in [1.807, 2.05) is 20.8 Å². The lowest BCUT2D eigenvalue weighted by molar-refractivity contribution is 0.0520. The third-order valence-corrected chi connectivity index (χ3v) is 3.60. The number of ether oxygens (including phenoxy) is 1. The number of nitrogens with one attached hydrogen (secondary N) is 2. The van der Waals surface area contributed by atoms with Crippen LogP contribution >= 0.6 is 0 Å². The van der Waals surface area contributed by atoms with Crippen molar-refractivity contribution in [2.45, 2.75) is 72.1 Å². The molecule has 2 atom stereocenters. The SMILES string of the molecule is CCC(NC(CNC(=O)OC(C)(C)C)CC(C)C)c1ccc(F)cn1. The van der Waals surface area contributed by atoms with Crippen molar-refractivity contribution in [3.8, 4) is 0 Å². The van der Waals surface area contributed by atoms with Crippen LogP contribution in [0.1, 0.15) is 66.1 Å². The molecular weight excluding hydrogens is 321 g/mol. The lowest BCUT2D eigenvalue weighted by Gasteiger charge is -2.27. The van der Waals surface area contributed by atoms with Gasteiger partial charge in [-0.3, -0.25) is 4.98 Å². The summed E-state index contributed by atoms with van der Waals surface area (Å²) in [6.07, 6.45) is 2.53. The van der Waals surface area contributed by atoms with Crippen LogP contribution in [0.15, 0.2) is 18.3 Å². The second-order valence-electron chi connectivity index (χ2n) is 7.74. The summed E-state index contributed by atoms with van der Waals surface area (Å²) in [5, 5.41) is 6.36. The lowest BCUT2D eigenvalue weighted by Crippen LogP contribution is -2.44. The second-order valence-corrected chi connectivity index (χ2v) is 7.74. The molecule has 2 N–H and O–H groups in total. The number of amides is 1. The van der Waals surface area contributed by atoms with Crippen LogP contribution in [-0.4, -0.2) is 29.3 Å². The van der Waals surface area contributed by atoms with Crippen LogP contribution < -0.4 is 10.6 Å². The van der Waals surface area contributed by atoms with Crippen molar-refractivity contribution in [1.82, 2.24) is 15.6 Å². The summed E-state index contributed by atoms with van der Waals surface area (Å²) in [4.78, 5) is 16.1. The van der Waals surface area contributed by atoms with Crippen LogP contribution in [0.2, 0.25) is 0 Å². The molecule has 0 saturated heterocycles. The van der Waals surface area contributed by atoms with Gasteiger partial charge in [-0.1, -0.05) is 20.8 Å². The van der Waals surface area contributed by atoms with E-state index in [9.17, 15) is 9.18 Å². The molecule has 0 aliphatic heterocycles. The largest absolute Gasteiger partial charge is 0.444 e. The minimum absolute atomic E-state index is 0.00443. The maximum atomic E-state index is 13.1. The molecule has 6 heteroatoms. The van der Waals surface area contributed by atoms with E-state index in [1.54, 1.807) is 6.07 Å². The quantitative estimate of drug-likeness (QED) is 0.735. The highest BCUT2D eigenvalue weighted by atomic mass is 19.1. The molecule has 1 amide bonds. The second kappa shape index (κ2) is 9.70. The van der Waals surface area contributed by atoms with E-state index in [-0.39, 0.29) is 17.9 Å². The van der Waals surface area contributed by atoms with Crippen LogP contribution in [0.5, 0.6) is 0 Å². The maximum Gasteiger partial charge on any atom is 0.407 e. The molecule has 0 bridgehead atoms. The Morgan fingerprint density at radius 1 is 1.32 bits per heavy atom. The number of hydrogen-bond donors (Lipinski definition) is 2. The summed E-state index contributed by atoms with van der Waals surface area (Å²) >= 11 is 0. The fraction of sp³-hybridized carbons (Fsp3) is 0.684. The Bertz CT molecular complexity index is 526. The Morgan fingerprint density at radius 3 is 2.48 bits per heavy atom. The Morgan fingerprint density at radius 2 is 2.00 bits per heavy atom. The topological polar surface area (TPSA) is 63.2 Å². The monoisotopic (exact) mass is 353 g/mol. The molecule has 0 aliphatic carbocycles. The first-order valence-electron chi connectivity index (χ1n) is 8.95. The Labute approximate surface area is 150 Å². The van der Waals surface area contributed by atoms with Crippen LogP contribution in [-0.2, 0) is 4.74 Å². The first kappa shape index (κ1) is 21.4. The highest BCUT2D eigenvalue weighted by Crippen LogP contribution is 2.17. The van der Waals surface area contributed by atoms with Crippen LogP contribution in [0.4, 0.5) is 9.18 Å². The van der Waals surface area contributed by atoms with Gasteiger partial charge in [0.1, 0.15) is 11.4 Å². The number of alkyl carbamates (subject to hydrolysis) is 1. The zero-order valence-electron chi connectivity index (χ0n) is 16.2. The molecule has 0 radical (unpaired) electrons. The number of carbonyl (C=O) groups is 1. The Hall–Kier alpha value is -1.69. The molecule has 25 heavy (non-hydrogen) atoms. The van der Waals surface area contributed by atoms with Gasteiger partial charge in [0.25, 0.3) is 0 Å². The molecule has 1 rings (SSSR count).